The monoisotopic (exact) mass is 290 g/mol. The molecule has 0 N–H and O–H groups in total. The summed E-state index contributed by atoms with van der Waals surface area (Å²) in [6, 6.07) is 0. The average molecular weight is 289 g/mol. The number of hydrogen-bond acceptors (Lipinski definition) is 0. The quantitative estimate of drug-likeness (QED) is 0.592. The van der Waals surface area contributed by atoms with E-state index in [-0.39, 0.29) is 0 Å². The van der Waals surface area contributed by atoms with E-state index in [1.807, 2.05) is 0 Å². The predicted molar refractivity (Wildman–Crippen MR) is 37.7 cm³/mol. The second-order valence-corrected chi connectivity index (χ2v) is 7.71. The first-order valence-corrected chi connectivity index (χ1v) is 13.6. The van der Waals surface area contributed by atoms with E-state index in [2.05, 4.69) is 0 Å². The Hall–Kier alpha value is 2.25. The Labute approximate surface area is 66.5 Å². The summed E-state index contributed by atoms with van der Waals surface area (Å²) in [4.78, 5) is 0. The van der Waals surface area contributed by atoms with Gasteiger partial charge >= 0.3 is 67.2 Å². The van der Waals surface area contributed by atoms with E-state index in [9.17, 15) is 0 Å². The predicted octanol–water partition coefficient (Wildman–Crippen LogP) is 1.46. The van der Waals surface area contributed by atoms with Gasteiger partial charge in [-0.05, 0) is 0 Å². The van der Waals surface area contributed by atoms with Crippen LogP contribution in [-0.2, 0) is 0 Å². The van der Waals surface area contributed by atoms with Gasteiger partial charge in [-0.15, -0.1) is 0 Å². The molecule has 0 atom stereocenters. The van der Waals surface area contributed by atoms with Crippen LogP contribution in [-0.4, -0.2) is 27.1 Å². The van der Waals surface area contributed by atoms with Gasteiger partial charge in [-0.3, -0.25) is 0 Å². The van der Waals surface area contributed by atoms with Gasteiger partial charge in [-0.25, -0.2) is 0 Å². The fraction of sp³-hybridized carbons (Fsp3) is 0. The Bertz CT molecular complexity index is 7.51. The Balaban J connectivity index is 0. The molecule has 0 aromatic carbocycles. The maximum atomic E-state index is 4.92. The van der Waals surface area contributed by atoms with Crippen molar-refractivity contribution in [1.29, 1.82) is 0 Å². The van der Waals surface area contributed by atoms with Crippen LogP contribution in [0, 0.1) is 0 Å². The third-order valence-corrected chi connectivity index (χ3v) is 0. The molecule has 0 bridgehead atoms. The van der Waals surface area contributed by atoms with Crippen LogP contribution in [0.25, 0.3) is 0 Å². The number of rotatable bonds is 0. The van der Waals surface area contributed by atoms with Gasteiger partial charge in [-0.2, -0.15) is 0 Å². The van der Waals surface area contributed by atoms with Crippen molar-refractivity contribution in [2.45, 2.75) is 0 Å². The van der Waals surface area contributed by atoms with Gasteiger partial charge in [0.2, 0.25) is 0 Å². The van der Waals surface area contributed by atoms with E-state index in [0.717, 1.165) is 0 Å². The molecule has 0 aromatic heterocycles. The van der Waals surface area contributed by atoms with Gasteiger partial charge in [0, 0.05) is 0 Å². The second-order valence-electron chi connectivity index (χ2n) is 0.165. The SMILES string of the molecule is [Cl][GeH][Cl].[Cl][GeH][Cl]. The molecule has 0 heterocycles. The topological polar surface area (TPSA) is 0 Å². The van der Waals surface area contributed by atoms with Crippen LogP contribution in [0.1, 0.15) is 0 Å². The number of hydrogen-bond donors (Lipinski definition) is 0. The van der Waals surface area contributed by atoms with E-state index in [4.69, 9.17) is 40.0 Å². The summed E-state index contributed by atoms with van der Waals surface area (Å²) in [5, 5.41) is 0. The van der Waals surface area contributed by atoms with Gasteiger partial charge in [0.05, 0.1) is 0 Å². The third-order valence-electron chi connectivity index (χ3n) is 0. The van der Waals surface area contributed by atoms with Gasteiger partial charge in [-0.1, -0.05) is 0 Å². The summed E-state index contributed by atoms with van der Waals surface area (Å²) < 4.78 is 0. The molecule has 0 nitrogen and oxygen atoms in total. The molecule has 0 spiro atoms. The fourth-order valence-electron chi connectivity index (χ4n) is 0. The zero-order valence-electron chi connectivity index (χ0n) is 2.67. The van der Waals surface area contributed by atoms with E-state index in [1.165, 1.54) is 0 Å². The zero-order valence-corrected chi connectivity index (χ0v) is 10.5. The summed E-state index contributed by atoms with van der Waals surface area (Å²) in [7, 11) is 19.7. The average Bonchev–Trinajstić information content (AvgIpc) is 1.39. The van der Waals surface area contributed by atoms with Crippen LogP contribution in [0.4, 0.5) is 0 Å². The summed E-state index contributed by atoms with van der Waals surface area (Å²) in [5.41, 5.74) is 0. The van der Waals surface area contributed by atoms with Crippen molar-refractivity contribution in [3.8, 4) is 0 Å². The van der Waals surface area contributed by atoms with Crippen molar-refractivity contribution in [2.24, 2.45) is 0 Å². The molecule has 0 fully saturated rings. The Morgan fingerprint density at radius 1 is 0.667 bits per heavy atom. The molecule has 2 radical (unpaired) electrons. The molecule has 0 aliphatic carbocycles. The van der Waals surface area contributed by atoms with Crippen LogP contribution in [0.3, 0.4) is 0 Å². The summed E-state index contributed by atoms with van der Waals surface area (Å²) in [5.74, 6) is 0. The first kappa shape index (κ1) is 11.1. The van der Waals surface area contributed by atoms with Crippen molar-refractivity contribution in [3.63, 3.8) is 0 Å². The van der Waals surface area contributed by atoms with Crippen molar-refractivity contribution < 1.29 is 0 Å². The normalized spacial score (nSPS) is 6.00. The van der Waals surface area contributed by atoms with E-state index < -0.39 is 27.1 Å². The first-order chi connectivity index (χ1) is 2.83. The van der Waals surface area contributed by atoms with Crippen molar-refractivity contribution in [3.05, 3.63) is 0 Å². The molecular formula is H2Cl4Ge2. The van der Waals surface area contributed by atoms with Crippen LogP contribution in [0.15, 0.2) is 0 Å². The van der Waals surface area contributed by atoms with Crippen molar-refractivity contribution in [2.75, 3.05) is 0 Å². The fourth-order valence-corrected chi connectivity index (χ4v) is 0. The van der Waals surface area contributed by atoms with Crippen LogP contribution < -0.4 is 0 Å². The maximum absolute atomic E-state index is 4.92. The first-order valence-electron chi connectivity index (χ1n) is 0.873. The Morgan fingerprint density at radius 2 is 0.667 bits per heavy atom. The minimum absolute atomic E-state index is 0.743. The molecule has 0 aliphatic rings. The van der Waals surface area contributed by atoms with Gasteiger partial charge < -0.3 is 0 Å². The molecule has 0 unspecified atom stereocenters. The summed E-state index contributed by atoms with van der Waals surface area (Å²) in [6.07, 6.45) is 0. The minimum atomic E-state index is -0.743. The van der Waals surface area contributed by atoms with E-state index in [0.29, 0.717) is 0 Å². The summed E-state index contributed by atoms with van der Waals surface area (Å²) in [6.45, 7) is 0. The summed E-state index contributed by atoms with van der Waals surface area (Å²) >= 11 is -1.49. The standard InChI is InChI=1S/2Cl2GeH/c2*1-3-2/h2*3H. The van der Waals surface area contributed by atoms with Crippen LogP contribution in [0.5, 0.6) is 0 Å². The van der Waals surface area contributed by atoms with Crippen molar-refractivity contribution in [1.82, 2.24) is 0 Å². The molecule has 0 saturated heterocycles. The molecule has 0 amide bonds. The third kappa shape index (κ3) is 34.1. The van der Waals surface area contributed by atoms with E-state index >= 15 is 0 Å². The molecule has 0 aromatic rings. The zero-order chi connectivity index (χ0) is 5.41. The molecule has 6 heavy (non-hydrogen) atoms. The van der Waals surface area contributed by atoms with E-state index in [1.54, 1.807) is 0 Å². The molecule has 38 valence electrons. The van der Waals surface area contributed by atoms with Gasteiger partial charge in [0.1, 0.15) is 0 Å². The van der Waals surface area contributed by atoms with Crippen LogP contribution in [0.2, 0.25) is 0 Å². The molecular weight excluding hydrogens is 287 g/mol. The second kappa shape index (κ2) is 15.7. The van der Waals surface area contributed by atoms with Crippen LogP contribution >= 0.6 is 40.0 Å². The van der Waals surface area contributed by atoms with Crippen molar-refractivity contribution >= 4 is 67.2 Å². The Morgan fingerprint density at radius 3 is 0.667 bits per heavy atom. The van der Waals surface area contributed by atoms with Gasteiger partial charge in [0.15, 0.2) is 0 Å². The Kier molecular flexibility index (Phi) is 29.0. The molecule has 0 saturated carbocycles. The molecule has 0 aliphatic heterocycles. The number of halogens is 4. The molecule has 0 rings (SSSR count). The molecule has 6 heteroatoms. The van der Waals surface area contributed by atoms with Gasteiger partial charge in [0.25, 0.3) is 0 Å².